The number of aryl methyl sites for hydroxylation is 2. The quantitative estimate of drug-likeness (QED) is 0.766. The number of nitrogens with one attached hydrogen (secondary N) is 1. The standard InChI is InChI=1S/C18H21F2N3O3/c1-11-15(12(2)26-22-11)10-23(3)17(24)5-4-8-21-18(25)14-7-6-13(19)9-16(14)20/h6-7,9H,4-5,8,10H2,1-3H3,(H,21,25). The van der Waals surface area contributed by atoms with Gasteiger partial charge in [-0.15, -0.1) is 0 Å². The summed E-state index contributed by atoms with van der Waals surface area (Å²) in [4.78, 5) is 25.6. The van der Waals surface area contributed by atoms with Crippen LogP contribution in [0, 0.1) is 25.5 Å². The molecule has 0 aliphatic rings. The molecule has 8 heteroatoms. The molecule has 0 aliphatic carbocycles. The third kappa shape index (κ3) is 4.87. The van der Waals surface area contributed by atoms with E-state index in [0.717, 1.165) is 23.4 Å². The number of carbonyl (C=O) groups excluding carboxylic acids is 2. The highest BCUT2D eigenvalue weighted by molar-refractivity contribution is 5.94. The lowest BCUT2D eigenvalue weighted by Crippen LogP contribution is -2.29. The first-order chi connectivity index (χ1) is 12.3. The maximum Gasteiger partial charge on any atom is 0.254 e. The maximum absolute atomic E-state index is 13.5. The summed E-state index contributed by atoms with van der Waals surface area (Å²) < 4.78 is 31.4. The van der Waals surface area contributed by atoms with Crippen molar-refractivity contribution < 1.29 is 22.9 Å². The molecule has 6 nitrogen and oxygen atoms in total. The van der Waals surface area contributed by atoms with Gasteiger partial charge in [0, 0.05) is 31.6 Å². The molecule has 1 aromatic heterocycles. The van der Waals surface area contributed by atoms with Crippen molar-refractivity contribution in [3.8, 4) is 0 Å². The van der Waals surface area contributed by atoms with Gasteiger partial charge in [-0.05, 0) is 32.4 Å². The van der Waals surface area contributed by atoms with Gasteiger partial charge in [0.15, 0.2) is 0 Å². The van der Waals surface area contributed by atoms with Crippen LogP contribution in [0.2, 0.25) is 0 Å². The van der Waals surface area contributed by atoms with Crippen molar-refractivity contribution in [3.63, 3.8) is 0 Å². The maximum atomic E-state index is 13.5. The second-order valence-electron chi connectivity index (χ2n) is 6.04. The van der Waals surface area contributed by atoms with Crippen molar-refractivity contribution in [2.24, 2.45) is 0 Å². The Bertz CT molecular complexity index is 785. The van der Waals surface area contributed by atoms with E-state index in [1.54, 1.807) is 18.9 Å². The monoisotopic (exact) mass is 365 g/mol. The van der Waals surface area contributed by atoms with E-state index in [-0.39, 0.29) is 24.4 Å². The summed E-state index contributed by atoms with van der Waals surface area (Å²) in [5.41, 5.74) is 1.39. The lowest BCUT2D eigenvalue weighted by molar-refractivity contribution is -0.130. The Morgan fingerprint density at radius 3 is 2.62 bits per heavy atom. The number of carbonyl (C=O) groups is 2. The second-order valence-corrected chi connectivity index (χ2v) is 6.04. The van der Waals surface area contributed by atoms with Crippen LogP contribution in [0.1, 0.15) is 40.2 Å². The van der Waals surface area contributed by atoms with Crippen LogP contribution in [0.15, 0.2) is 22.7 Å². The predicted octanol–water partition coefficient (Wildman–Crippen LogP) is 2.74. The molecule has 0 saturated heterocycles. The molecule has 1 heterocycles. The third-order valence-corrected chi connectivity index (χ3v) is 4.03. The first kappa shape index (κ1) is 19.6. The largest absolute Gasteiger partial charge is 0.361 e. The number of rotatable bonds is 7. The van der Waals surface area contributed by atoms with Gasteiger partial charge in [-0.1, -0.05) is 5.16 Å². The van der Waals surface area contributed by atoms with Crippen LogP contribution in [0.3, 0.4) is 0 Å². The van der Waals surface area contributed by atoms with Gasteiger partial charge in [0.25, 0.3) is 5.91 Å². The van der Waals surface area contributed by atoms with Gasteiger partial charge >= 0.3 is 0 Å². The number of aromatic nitrogens is 1. The highest BCUT2D eigenvalue weighted by Gasteiger charge is 2.16. The Balaban J connectivity index is 1.76. The summed E-state index contributed by atoms with van der Waals surface area (Å²) in [6.07, 6.45) is 0.630. The van der Waals surface area contributed by atoms with E-state index in [4.69, 9.17) is 4.52 Å². The van der Waals surface area contributed by atoms with Crippen LogP contribution >= 0.6 is 0 Å². The minimum atomic E-state index is -0.919. The number of hydrogen-bond acceptors (Lipinski definition) is 4. The lowest BCUT2D eigenvalue weighted by atomic mass is 10.1. The van der Waals surface area contributed by atoms with Crippen molar-refractivity contribution >= 4 is 11.8 Å². The van der Waals surface area contributed by atoms with Crippen LogP contribution in [0.25, 0.3) is 0 Å². The normalized spacial score (nSPS) is 10.7. The zero-order valence-electron chi connectivity index (χ0n) is 14.9. The van der Waals surface area contributed by atoms with Gasteiger partial charge in [0.1, 0.15) is 17.4 Å². The fourth-order valence-corrected chi connectivity index (χ4v) is 2.45. The molecular formula is C18H21F2N3O3. The Morgan fingerprint density at radius 2 is 2.00 bits per heavy atom. The summed E-state index contributed by atoms with van der Waals surface area (Å²) in [6.45, 7) is 4.21. The zero-order valence-corrected chi connectivity index (χ0v) is 14.9. The second kappa shape index (κ2) is 8.55. The van der Waals surface area contributed by atoms with Crippen LogP contribution in [0.5, 0.6) is 0 Å². The zero-order chi connectivity index (χ0) is 19.3. The van der Waals surface area contributed by atoms with Gasteiger partial charge in [0.05, 0.1) is 17.8 Å². The SMILES string of the molecule is Cc1noc(C)c1CN(C)C(=O)CCCNC(=O)c1ccc(F)cc1F. The van der Waals surface area contributed by atoms with E-state index in [2.05, 4.69) is 10.5 Å². The Kier molecular flexibility index (Phi) is 6.43. The average molecular weight is 365 g/mol. The van der Waals surface area contributed by atoms with Crippen molar-refractivity contribution in [3.05, 3.63) is 52.4 Å². The molecule has 140 valence electrons. The molecule has 0 aliphatic heterocycles. The molecule has 2 rings (SSSR count). The van der Waals surface area contributed by atoms with Gasteiger partial charge < -0.3 is 14.7 Å². The number of halogens is 2. The van der Waals surface area contributed by atoms with E-state index in [0.29, 0.717) is 24.8 Å². The summed E-state index contributed by atoms with van der Waals surface area (Å²) in [6, 6.07) is 2.76. The first-order valence-electron chi connectivity index (χ1n) is 8.18. The van der Waals surface area contributed by atoms with E-state index < -0.39 is 17.5 Å². The van der Waals surface area contributed by atoms with Crippen molar-refractivity contribution in [2.75, 3.05) is 13.6 Å². The van der Waals surface area contributed by atoms with Crippen LogP contribution in [0.4, 0.5) is 8.78 Å². The Morgan fingerprint density at radius 1 is 1.27 bits per heavy atom. The number of nitrogens with zero attached hydrogens (tertiary/aromatic N) is 2. The van der Waals surface area contributed by atoms with E-state index in [9.17, 15) is 18.4 Å². The molecule has 0 saturated carbocycles. The van der Waals surface area contributed by atoms with Crippen molar-refractivity contribution in [2.45, 2.75) is 33.2 Å². The number of hydrogen-bond donors (Lipinski definition) is 1. The minimum absolute atomic E-state index is 0.0905. The molecule has 0 fully saturated rings. The average Bonchev–Trinajstić information content (AvgIpc) is 2.90. The molecule has 26 heavy (non-hydrogen) atoms. The molecule has 0 bridgehead atoms. The molecule has 0 spiro atoms. The Labute approximate surface area is 150 Å². The van der Waals surface area contributed by atoms with Gasteiger partial charge in [-0.3, -0.25) is 9.59 Å². The van der Waals surface area contributed by atoms with Crippen LogP contribution in [-0.4, -0.2) is 35.5 Å². The summed E-state index contributed by atoms with van der Waals surface area (Å²) in [5.74, 6) is -1.72. The van der Waals surface area contributed by atoms with Gasteiger partial charge in [-0.25, -0.2) is 8.78 Å². The number of amides is 2. The highest BCUT2D eigenvalue weighted by Crippen LogP contribution is 2.15. The molecule has 1 aromatic carbocycles. The summed E-state index contributed by atoms with van der Waals surface area (Å²) >= 11 is 0. The smallest absolute Gasteiger partial charge is 0.254 e. The van der Waals surface area contributed by atoms with Crippen molar-refractivity contribution in [1.29, 1.82) is 0 Å². The van der Waals surface area contributed by atoms with E-state index >= 15 is 0 Å². The predicted molar refractivity (Wildman–Crippen MR) is 90.4 cm³/mol. The fraction of sp³-hybridized carbons (Fsp3) is 0.389. The first-order valence-corrected chi connectivity index (χ1v) is 8.18. The van der Waals surface area contributed by atoms with E-state index in [1.165, 1.54) is 0 Å². The van der Waals surface area contributed by atoms with Crippen molar-refractivity contribution in [1.82, 2.24) is 15.4 Å². The molecule has 1 N–H and O–H groups in total. The molecule has 0 radical (unpaired) electrons. The van der Waals surface area contributed by atoms with Crippen LogP contribution in [-0.2, 0) is 11.3 Å². The minimum Gasteiger partial charge on any atom is -0.361 e. The van der Waals surface area contributed by atoms with Gasteiger partial charge in [0.2, 0.25) is 5.91 Å². The van der Waals surface area contributed by atoms with Gasteiger partial charge in [-0.2, -0.15) is 0 Å². The molecule has 0 unspecified atom stereocenters. The Hall–Kier alpha value is -2.77. The molecule has 2 amide bonds. The topological polar surface area (TPSA) is 75.4 Å². The lowest BCUT2D eigenvalue weighted by Gasteiger charge is -2.17. The van der Waals surface area contributed by atoms with E-state index in [1.807, 2.05) is 6.92 Å². The fourth-order valence-electron chi connectivity index (χ4n) is 2.45. The molecule has 2 aromatic rings. The molecular weight excluding hydrogens is 344 g/mol. The molecule has 0 atom stereocenters. The third-order valence-electron chi connectivity index (χ3n) is 4.03. The summed E-state index contributed by atoms with van der Waals surface area (Å²) in [7, 11) is 1.68. The summed E-state index contributed by atoms with van der Waals surface area (Å²) in [5, 5.41) is 6.37. The van der Waals surface area contributed by atoms with Crippen LogP contribution < -0.4 is 5.32 Å². The highest BCUT2D eigenvalue weighted by atomic mass is 19.1. The number of benzene rings is 1.